The summed E-state index contributed by atoms with van der Waals surface area (Å²) in [4.78, 5) is 27.6. The van der Waals surface area contributed by atoms with Crippen molar-refractivity contribution in [2.45, 2.75) is 30.1 Å². The minimum atomic E-state index is -4.67. The van der Waals surface area contributed by atoms with Crippen LogP contribution in [0.1, 0.15) is 17.9 Å². The van der Waals surface area contributed by atoms with Gasteiger partial charge in [-0.05, 0) is 48.6 Å². The van der Waals surface area contributed by atoms with E-state index in [9.17, 15) is 30.8 Å². The van der Waals surface area contributed by atoms with E-state index in [-0.39, 0.29) is 41.1 Å². The third-order valence-corrected chi connectivity index (χ3v) is 8.03. The molecule has 1 amide bonds. The zero-order valence-corrected chi connectivity index (χ0v) is 19.2. The van der Waals surface area contributed by atoms with Crippen molar-refractivity contribution in [3.63, 3.8) is 0 Å². The van der Waals surface area contributed by atoms with Crippen LogP contribution in [0.5, 0.6) is 0 Å². The Labute approximate surface area is 202 Å². The smallest absolute Gasteiger partial charge is 0.349 e. The highest BCUT2D eigenvalue weighted by Gasteiger charge is 2.58. The van der Waals surface area contributed by atoms with Gasteiger partial charge in [0.05, 0.1) is 22.8 Å². The van der Waals surface area contributed by atoms with Gasteiger partial charge in [-0.25, -0.2) is 32.7 Å². The van der Waals surface area contributed by atoms with E-state index in [1.54, 1.807) is 0 Å². The number of benzene rings is 1. The number of fused-ring (bicyclic) bond motifs is 1. The molecule has 0 radical (unpaired) electrons. The zero-order valence-electron chi connectivity index (χ0n) is 18.4. The average Bonchev–Trinajstić information content (AvgIpc) is 3.51. The molecule has 1 saturated heterocycles. The number of hydrogen-bond acceptors (Lipinski definition) is 7. The number of rotatable bonds is 6. The molecule has 1 N–H and O–H groups in total. The standard InChI is InChI=1S/C22H18F4N6O3S/c23-14-1-3-16(4-2-14)36(34,35)32-10-12-5-17(12)19(32)20(33)27-9-15-6-18(31-11-30-15)13-7-28-21(29-8-13)22(24,25)26/h1-4,6-8,11-12,17,19H,5,9-10H2,(H,27,33)/t12-,17-,19-/m0/s1. The van der Waals surface area contributed by atoms with E-state index < -0.39 is 39.8 Å². The Hall–Kier alpha value is -3.52. The second-order valence-corrected chi connectivity index (χ2v) is 10.4. The van der Waals surface area contributed by atoms with E-state index in [1.807, 2.05) is 0 Å². The van der Waals surface area contributed by atoms with E-state index in [0.717, 1.165) is 47.4 Å². The first-order valence-electron chi connectivity index (χ1n) is 10.8. The molecule has 0 spiro atoms. The molecule has 5 rings (SSSR count). The lowest BCUT2D eigenvalue weighted by molar-refractivity contribution is -0.145. The molecule has 14 heteroatoms. The van der Waals surface area contributed by atoms with Crippen LogP contribution in [0.15, 0.2) is 53.9 Å². The molecule has 1 aromatic carbocycles. The lowest BCUT2D eigenvalue weighted by Crippen LogP contribution is -2.48. The van der Waals surface area contributed by atoms with E-state index in [2.05, 4.69) is 25.3 Å². The van der Waals surface area contributed by atoms with Crippen LogP contribution >= 0.6 is 0 Å². The predicted octanol–water partition coefficient (Wildman–Crippen LogP) is 2.42. The number of carbonyl (C=O) groups excluding carboxylic acids is 1. The Balaban J connectivity index is 1.29. The molecule has 3 atom stereocenters. The maximum absolute atomic E-state index is 13.3. The molecule has 3 aromatic rings. The van der Waals surface area contributed by atoms with E-state index in [1.165, 1.54) is 12.4 Å². The fourth-order valence-electron chi connectivity index (χ4n) is 4.28. The van der Waals surface area contributed by atoms with Crippen molar-refractivity contribution >= 4 is 15.9 Å². The molecule has 1 aliphatic carbocycles. The molecule has 2 aliphatic rings. The van der Waals surface area contributed by atoms with Crippen LogP contribution in [0.25, 0.3) is 11.3 Å². The zero-order chi connectivity index (χ0) is 25.7. The summed E-state index contributed by atoms with van der Waals surface area (Å²) < 4.78 is 78.7. The predicted molar refractivity (Wildman–Crippen MR) is 116 cm³/mol. The lowest BCUT2D eigenvalue weighted by atomic mass is 10.2. The van der Waals surface area contributed by atoms with Crippen molar-refractivity contribution in [3.8, 4) is 11.3 Å². The summed E-state index contributed by atoms with van der Waals surface area (Å²) in [6.45, 7) is 0.141. The first-order chi connectivity index (χ1) is 17.0. The average molecular weight is 522 g/mol. The van der Waals surface area contributed by atoms with E-state index >= 15 is 0 Å². The van der Waals surface area contributed by atoms with Crippen LogP contribution in [-0.2, 0) is 27.5 Å². The Morgan fingerprint density at radius 1 is 1.08 bits per heavy atom. The summed E-state index contributed by atoms with van der Waals surface area (Å²) in [6.07, 6.45) is -0.765. The lowest BCUT2D eigenvalue weighted by Gasteiger charge is -2.26. The van der Waals surface area contributed by atoms with Gasteiger partial charge >= 0.3 is 6.18 Å². The number of carbonyl (C=O) groups is 1. The van der Waals surface area contributed by atoms with Crippen molar-refractivity contribution in [2.24, 2.45) is 11.8 Å². The number of nitrogens with zero attached hydrogens (tertiary/aromatic N) is 5. The number of aromatic nitrogens is 4. The first kappa shape index (κ1) is 24.2. The van der Waals surface area contributed by atoms with Gasteiger partial charge in [-0.15, -0.1) is 0 Å². The highest BCUT2D eigenvalue weighted by Crippen LogP contribution is 2.51. The van der Waals surface area contributed by atoms with Gasteiger partial charge in [-0.3, -0.25) is 4.79 Å². The molecule has 0 bridgehead atoms. The summed E-state index contributed by atoms with van der Waals surface area (Å²) in [5.74, 6) is -2.36. The summed E-state index contributed by atoms with van der Waals surface area (Å²) in [5, 5.41) is 2.69. The number of sulfonamides is 1. The number of halogens is 4. The van der Waals surface area contributed by atoms with Crippen molar-refractivity contribution < 1.29 is 30.8 Å². The molecule has 2 aromatic heterocycles. The Bertz CT molecular complexity index is 1400. The fourth-order valence-corrected chi connectivity index (χ4v) is 5.97. The number of hydrogen-bond donors (Lipinski definition) is 1. The molecule has 1 saturated carbocycles. The molecule has 3 heterocycles. The number of piperidine rings is 1. The maximum Gasteiger partial charge on any atom is 0.451 e. The van der Waals surface area contributed by atoms with Gasteiger partial charge < -0.3 is 5.32 Å². The second-order valence-electron chi connectivity index (χ2n) is 8.54. The fraction of sp³-hybridized carbons (Fsp3) is 0.318. The van der Waals surface area contributed by atoms with Gasteiger partial charge in [0.25, 0.3) is 0 Å². The van der Waals surface area contributed by atoms with Gasteiger partial charge in [-0.1, -0.05) is 0 Å². The molecule has 9 nitrogen and oxygen atoms in total. The topological polar surface area (TPSA) is 118 Å². The first-order valence-corrected chi connectivity index (χ1v) is 12.2. The van der Waals surface area contributed by atoms with Crippen molar-refractivity contribution in [1.29, 1.82) is 0 Å². The molecule has 36 heavy (non-hydrogen) atoms. The SMILES string of the molecule is O=C(NCc1cc(-c2cnc(C(F)(F)F)nc2)ncn1)[C@@H]1[C@H]2C[C@H]2CN1S(=O)(=O)c1ccc(F)cc1. The van der Waals surface area contributed by atoms with Crippen molar-refractivity contribution in [3.05, 3.63) is 66.4 Å². The third kappa shape index (κ3) is 4.65. The van der Waals surface area contributed by atoms with E-state index in [0.29, 0.717) is 5.69 Å². The molecule has 1 aliphatic heterocycles. The number of nitrogens with one attached hydrogen (secondary N) is 1. The van der Waals surface area contributed by atoms with Crippen LogP contribution in [0, 0.1) is 17.7 Å². The maximum atomic E-state index is 13.3. The minimum Gasteiger partial charge on any atom is -0.349 e. The van der Waals surface area contributed by atoms with E-state index in [4.69, 9.17) is 0 Å². The molecular formula is C22H18F4N6O3S. The van der Waals surface area contributed by atoms with Crippen LogP contribution in [0.3, 0.4) is 0 Å². The third-order valence-electron chi connectivity index (χ3n) is 6.17. The van der Waals surface area contributed by atoms with Crippen molar-refractivity contribution in [1.82, 2.24) is 29.6 Å². The van der Waals surface area contributed by atoms with Crippen LogP contribution in [-0.4, -0.2) is 51.2 Å². The summed E-state index contributed by atoms with van der Waals surface area (Å²) in [7, 11) is -4.01. The number of alkyl halides is 3. The molecular weight excluding hydrogens is 504 g/mol. The summed E-state index contributed by atoms with van der Waals surface area (Å²) in [5.41, 5.74) is 0.837. The largest absolute Gasteiger partial charge is 0.451 e. The molecule has 2 fully saturated rings. The molecule has 188 valence electrons. The Morgan fingerprint density at radius 3 is 2.44 bits per heavy atom. The van der Waals surface area contributed by atoms with Crippen molar-refractivity contribution in [2.75, 3.05) is 6.54 Å². The minimum absolute atomic E-state index is 0.0613. The van der Waals surface area contributed by atoms with Gasteiger partial charge in [-0.2, -0.15) is 17.5 Å². The highest BCUT2D eigenvalue weighted by molar-refractivity contribution is 7.89. The van der Waals surface area contributed by atoms with Gasteiger partial charge in [0.1, 0.15) is 18.2 Å². The Morgan fingerprint density at radius 2 is 1.78 bits per heavy atom. The normalized spacial score (nSPS) is 21.7. The Kier molecular flexibility index (Phi) is 5.95. The summed E-state index contributed by atoms with van der Waals surface area (Å²) in [6, 6.07) is 4.98. The van der Waals surface area contributed by atoms with Gasteiger partial charge in [0.15, 0.2) is 0 Å². The van der Waals surface area contributed by atoms with Crippen LogP contribution in [0.2, 0.25) is 0 Å². The quantitative estimate of drug-likeness (QED) is 0.494. The highest BCUT2D eigenvalue weighted by atomic mass is 32.2. The monoisotopic (exact) mass is 522 g/mol. The number of amides is 1. The van der Waals surface area contributed by atoms with Crippen LogP contribution < -0.4 is 5.32 Å². The second kappa shape index (κ2) is 8.85. The van der Waals surface area contributed by atoms with Gasteiger partial charge in [0, 0.05) is 24.5 Å². The van der Waals surface area contributed by atoms with Gasteiger partial charge in [0.2, 0.25) is 21.8 Å². The molecule has 0 unspecified atom stereocenters. The summed E-state index contributed by atoms with van der Waals surface area (Å²) >= 11 is 0. The van der Waals surface area contributed by atoms with Crippen LogP contribution in [0.4, 0.5) is 17.6 Å².